The summed E-state index contributed by atoms with van der Waals surface area (Å²) in [4.78, 5) is 11.8. The summed E-state index contributed by atoms with van der Waals surface area (Å²) in [6, 6.07) is 8.06. The van der Waals surface area contributed by atoms with Crippen LogP contribution in [0.3, 0.4) is 0 Å². The molecule has 0 saturated carbocycles. The van der Waals surface area contributed by atoms with Crippen LogP contribution in [0.1, 0.15) is 18.2 Å². The molecule has 0 aliphatic carbocycles. The molecule has 1 fully saturated rings. The van der Waals surface area contributed by atoms with Crippen LogP contribution in [0.2, 0.25) is 0 Å². The first-order chi connectivity index (χ1) is 9.66. The molecule has 5 nitrogen and oxygen atoms in total. The van der Waals surface area contributed by atoms with E-state index in [1.807, 2.05) is 0 Å². The van der Waals surface area contributed by atoms with Gasteiger partial charge < -0.3 is 9.84 Å². The maximum atomic E-state index is 14.3. The molecule has 0 radical (unpaired) electrons. The lowest BCUT2D eigenvalue weighted by Gasteiger charge is -2.33. The first-order valence-electron chi connectivity index (χ1n) is 6.61. The van der Waals surface area contributed by atoms with Gasteiger partial charge in [-0.05, 0) is 5.56 Å². The summed E-state index contributed by atoms with van der Waals surface area (Å²) >= 11 is 0. The number of esters is 1. The number of cyclic esters (lactones) is 1. The molecule has 5 atom stereocenters. The molecule has 0 bridgehead atoms. The van der Waals surface area contributed by atoms with Crippen LogP contribution in [-0.2, 0) is 9.53 Å². The van der Waals surface area contributed by atoms with E-state index in [1.54, 1.807) is 30.3 Å². The van der Waals surface area contributed by atoms with E-state index in [2.05, 4.69) is 10.2 Å². The van der Waals surface area contributed by atoms with Crippen LogP contribution >= 0.6 is 0 Å². The number of halogens is 1. The molecule has 0 amide bonds. The molecular weight excluding hydrogens is 263 g/mol. The maximum absolute atomic E-state index is 14.3. The van der Waals surface area contributed by atoms with E-state index in [1.165, 1.54) is 0 Å². The molecule has 3 rings (SSSR count). The molecule has 2 aliphatic rings. The number of hydrogen-bond donors (Lipinski definition) is 1. The Balaban J connectivity index is 1.72. The van der Waals surface area contributed by atoms with Crippen molar-refractivity contribution in [2.75, 3.05) is 6.54 Å². The Hall–Kier alpha value is -1.82. The van der Waals surface area contributed by atoms with Crippen LogP contribution in [0.15, 0.2) is 40.6 Å². The van der Waals surface area contributed by atoms with E-state index in [-0.39, 0.29) is 12.0 Å². The van der Waals surface area contributed by atoms with Crippen LogP contribution in [0.25, 0.3) is 0 Å². The average molecular weight is 278 g/mol. The summed E-state index contributed by atoms with van der Waals surface area (Å²) in [5.74, 6) is -0.816. The van der Waals surface area contributed by atoms with Gasteiger partial charge in [-0.15, -0.1) is 0 Å². The Kier molecular flexibility index (Phi) is 3.48. The fourth-order valence-corrected chi connectivity index (χ4v) is 2.64. The molecule has 0 aromatic heterocycles. The monoisotopic (exact) mass is 278 g/mol. The number of nitrogens with zero attached hydrogens (tertiary/aromatic N) is 2. The number of rotatable bonds is 3. The molecule has 1 aromatic rings. The lowest BCUT2D eigenvalue weighted by atomic mass is 9.89. The van der Waals surface area contributed by atoms with E-state index in [9.17, 15) is 14.3 Å². The van der Waals surface area contributed by atoms with E-state index in [0.717, 1.165) is 0 Å². The Labute approximate surface area is 115 Å². The second-order valence-corrected chi connectivity index (χ2v) is 5.13. The second-order valence-electron chi connectivity index (χ2n) is 5.13. The minimum atomic E-state index is -1.59. The van der Waals surface area contributed by atoms with Crippen molar-refractivity contribution >= 4 is 5.97 Å². The van der Waals surface area contributed by atoms with E-state index in [4.69, 9.17) is 4.74 Å². The fourth-order valence-electron chi connectivity index (χ4n) is 2.64. The molecule has 0 spiro atoms. The second kappa shape index (κ2) is 5.28. The Bertz CT molecular complexity index is 522. The van der Waals surface area contributed by atoms with Crippen molar-refractivity contribution in [1.82, 2.24) is 0 Å². The molecule has 1 saturated heterocycles. The van der Waals surface area contributed by atoms with Crippen molar-refractivity contribution < 1.29 is 19.0 Å². The van der Waals surface area contributed by atoms with Gasteiger partial charge in [-0.25, -0.2) is 4.39 Å². The highest BCUT2D eigenvalue weighted by Crippen LogP contribution is 2.34. The molecule has 1 N–H and O–H groups in total. The van der Waals surface area contributed by atoms with Crippen molar-refractivity contribution in [3.05, 3.63) is 35.9 Å². The van der Waals surface area contributed by atoms with Crippen molar-refractivity contribution in [3.63, 3.8) is 0 Å². The molecule has 2 aliphatic heterocycles. The Morgan fingerprint density at radius 1 is 1.35 bits per heavy atom. The number of carbonyl (C=O) groups is 1. The molecule has 1 aromatic carbocycles. The summed E-state index contributed by atoms with van der Waals surface area (Å²) in [6.07, 6.45) is -3.55. The largest absolute Gasteiger partial charge is 0.459 e. The molecule has 4 unspecified atom stereocenters. The van der Waals surface area contributed by atoms with Gasteiger partial charge >= 0.3 is 5.97 Å². The van der Waals surface area contributed by atoms with Gasteiger partial charge in [0, 0.05) is 6.42 Å². The molecule has 2 heterocycles. The number of benzene rings is 1. The zero-order chi connectivity index (χ0) is 14.1. The number of aliphatic hydroxyl groups is 1. The van der Waals surface area contributed by atoms with E-state index < -0.39 is 24.3 Å². The van der Waals surface area contributed by atoms with Gasteiger partial charge in [0.05, 0.1) is 12.6 Å². The summed E-state index contributed by atoms with van der Waals surface area (Å²) in [6.45, 7) is 0.323. The summed E-state index contributed by atoms with van der Waals surface area (Å²) in [7, 11) is 0. The van der Waals surface area contributed by atoms with Crippen molar-refractivity contribution in [1.29, 1.82) is 0 Å². The van der Waals surface area contributed by atoms with Crippen LogP contribution in [0.4, 0.5) is 4.39 Å². The van der Waals surface area contributed by atoms with Gasteiger partial charge in [0.1, 0.15) is 18.1 Å². The highest BCUT2D eigenvalue weighted by atomic mass is 19.1. The smallest absolute Gasteiger partial charge is 0.313 e. The van der Waals surface area contributed by atoms with Crippen molar-refractivity contribution in [2.45, 2.75) is 30.8 Å². The number of hydrogen-bond acceptors (Lipinski definition) is 5. The SMILES string of the molecule is O=C1O[C@@H](C(O)C(F)c2ccccc2)CC2N=NCC12. The lowest BCUT2D eigenvalue weighted by Crippen LogP contribution is -2.46. The zero-order valence-corrected chi connectivity index (χ0v) is 10.7. The van der Waals surface area contributed by atoms with Gasteiger partial charge in [0.2, 0.25) is 0 Å². The highest BCUT2D eigenvalue weighted by molar-refractivity contribution is 5.75. The summed E-state index contributed by atoms with van der Waals surface area (Å²) < 4.78 is 19.4. The number of fused-ring (bicyclic) bond motifs is 1. The van der Waals surface area contributed by atoms with Gasteiger partial charge in [-0.2, -0.15) is 10.2 Å². The summed E-state index contributed by atoms with van der Waals surface area (Å²) in [5.41, 5.74) is 0.367. The third-order valence-electron chi connectivity index (χ3n) is 3.82. The van der Waals surface area contributed by atoms with Crippen LogP contribution in [0, 0.1) is 5.92 Å². The summed E-state index contributed by atoms with van der Waals surface area (Å²) in [5, 5.41) is 17.9. The zero-order valence-electron chi connectivity index (χ0n) is 10.7. The Morgan fingerprint density at radius 3 is 2.85 bits per heavy atom. The van der Waals surface area contributed by atoms with Crippen LogP contribution in [0.5, 0.6) is 0 Å². The lowest BCUT2D eigenvalue weighted by molar-refractivity contribution is -0.171. The number of carbonyl (C=O) groups excluding carboxylic acids is 1. The van der Waals surface area contributed by atoms with Crippen molar-refractivity contribution in [3.8, 4) is 0 Å². The number of azo groups is 1. The first-order valence-corrected chi connectivity index (χ1v) is 6.61. The van der Waals surface area contributed by atoms with Gasteiger partial charge in [0.25, 0.3) is 0 Å². The van der Waals surface area contributed by atoms with E-state index >= 15 is 0 Å². The van der Waals surface area contributed by atoms with Crippen LogP contribution in [-0.4, -0.2) is 35.9 Å². The number of alkyl halides is 1. The topological polar surface area (TPSA) is 71.2 Å². The first kappa shape index (κ1) is 13.2. The fraction of sp³-hybridized carbons (Fsp3) is 0.500. The minimum Gasteiger partial charge on any atom is -0.459 e. The predicted octanol–water partition coefficient (Wildman–Crippen LogP) is 1.82. The van der Waals surface area contributed by atoms with Gasteiger partial charge in [-0.1, -0.05) is 30.3 Å². The van der Waals surface area contributed by atoms with Gasteiger partial charge in [0.15, 0.2) is 6.17 Å². The highest BCUT2D eigenvalue weighted by Gasteiger charge is 2.45. The normalized spacial score (nSPS) is 31.5. The van der Waals surface area contributed by atoms with Gasteiger partial charge in [-0.3, -0.25) is 4.79 Å². The molecule has 106 valence electrons. The maximum Gasteiger partial charge on any atom is 0.313 e. The standard InChI is InChI=1S/C14H15FN2O3/c15-12(8-4-2-1-3-5-8)13(18)11-6-10-9(7-16-17-10)14(19)20-11/h1-5,9-13,18H,6-7H2/t9?,10?,11-,12?,13?/m1/s1. The molecule has 6 heteroatoms. The third-order valence-corrected chi connectivity index (χ3v) is 3.82. The Morgan fingerprint density at radius 2 is 2.10 bits per heavy atom. The van der Waals surface area contributed by atoms with Crippen molar-refractivity contribution in [2.24, 2.45) is 16.1 Å². The van der Waals surface area contributed by atoms with E-state index in [0.29, 0.717) is 18.5 Å². The van der Waals surface area contributed by atoms with Crippen LogP contribution < -0.4 is 0 Å². The average Bonchev–Trinajstić information content (AvgIpc) is 2.95. The number of aliphatic hydroxyl groups excluding tert-OH is 1. The minimum absolute atomic E-state index is 0.293. The molecule has 20 heavy (non-hydrogen) atoms. The predicted molar refractivity (Wildman–Crippen MR) is 67.8 cm³/mol. The quantitative estimate of drug-likeness (QED) is 0.857. The number of ether oxygens (including phenoxy) is 1. The third kappa shape index (κ3) is 2.31. The molecular formula is C14H15FN2O3.